The largest absolute Gasteiger partial charge is 0.438 e. The topological polar surface area (TPSA) is 96.0 Å². The Bertz CT molecular complexity index is 596. The SMILES string of the molecule is Cc1ccc2oc([C@@H]3O[C@H](CO)[C@@H](O)[C@H]3O)nc2c1. The van der Waals surface area contributed by atoms with Crippen LogP contribution in [0, 0.1) is 6.92 Å². The minimum absolute atomic E-state index is 0.211. The number of oxazole rings is 1. The number of aliphatic hydroxyl groups is 3. The number of hydrogen-bond donors (Lipinski definition) is 3. The minimum atomic E-state index is -1.16. The molecule has 19 heavy (non-hydrogen) atoms. The lowest BCUT2D eigenvalue weighted by Crippen LogP contribution is -2.32. The molecule has 0 amide bonds. The van der Waals surface area contributed by atoms with Gasteiger partial charge in [-0.05, 0) is 24.6 Å². The van der Waals surface area contributed by atoms with E-state index in [1.54, 1.807) is 6.07 Å². The molecule has 1 aliphatic rings. The highest BCUT2D eigenvalue weighted by molar-refractivity contribution is 5.73. The smallest absolute Gasteiger partial charge is 0.227 e. The van der Waals surface area contributed by atoms with Crippen LogP contribution in [-0.4, -0.2) is 45.2 Å². The highest BCUT2D eigenvalue weighted by Crippen LogP contribution is 2.34. The van der Waals surface area contributed by atoms with Crippen LogP contribution in [0.3, 0.4) is 0 Å². The average Bonchev–Trinajstić information content (AvgIpc) is 2.92. The first-order valence-corrected chi connectivity index (χ1v) is 6.09. The Balaban J connectivity index is 1.96. The standard InChI is InChI=1S/C13H15NO5/c1-6-2-3-8-7(4-6)14-13(19-8)12-11(17)10(16)9(5-15)18-12/h2-4,9-12,15-17H,5H2,1H3/t9-,10-,11-,12-/m1/s1. The van der Waals surface area contributed by atoms with Gasteiger partial charge in [-0.3, -0.25) is 0 Å². The van der Waals surface area contributed by atoms with Gasteiger partial charge in [0.1, 0.15) is 23.8 Å². The molecule has 1 saturated heterocycles. The third-order valence-corrected chi connectivity index (χ3v) is 3.35. The van der Waals surface area contributed by atoms with E-state index in [0.29, 0.717) is 11.1 Å². The molecule has 1 fully saturated rings. The quantitative estimate of drug-likeness (QED) is 0.722. The zero-order chi connectivity index (χ0) is 13.6. The molecule has 3 rings (SSSR count). The molecular formula is C13H15NO5. The Morgan fingerprint density at radius 2 is 2.05 bits per heavy atom. The third-order valence-electron chi connectivity index (χ3n) is 3.35. The van der Waals surface area contributed by atoms with Crippen LogP contribution in [-0.2, 0) is 4.74 Å². The summed E-state index contributed by atoms with van der Waals surface area (Å²) in [5.41, 5.74) is 2.32. The van der Waals surface area contributed by atoms with Gasteiger partial charge in [-0.25, -0.2) is 4.98 Å². The maximum atomic E-state index is 9.91. The molecule has 0 aliphatic carbocycles. The fourth-order valence-electron chi connectivity index (χ4n) is 2.28. The molecule has 0 unspecified atom stereocenters. The Kier molecular flexibility index (Phi) is 3.02. The highest BCUT2D eigenvalue weighted by Gasteiger charge is 2.45. The molecule has 2 aromatic rings. The Hall–Kier alpha value is -1.47. The molecule has 1 aromatic heterocycles. The number of aromatic nitrogens is 1. The molecule has 0 bridgehead atoms. The molecule has 1 aromatic carbocycles. The molecule has 102 valence electrons. The van der Waals surface area contributed by atoms with Crippen molar-refractivity contribution in [2.75, 3.05) is 6.61 Å². The zero-order valence-electron chi connectivity index (χ0n) is 10.4. The zero-order valence-corrected chi connectivity index (χ0v) is 10.4. The molecule has 0 spiro atoms. The van der Waals surface area contributed by atoms with Gasteiger partial charge < -0.3 is 24.5 Å². The first kappa shape index (κ1) is 12.6. The van der Waals surface area contributed by atoms with Gasteiger partial charge in [0, 0.05) is 0 Å². The fraction of sp³-hybridized carbons (Fsp3) is 0.462. The summed E-state index contributed by atoms with van der Waals surface area (Å²) in [6.07, 6.45) is -3.99. The van der Waals surface area contributed by atoms with Crippen LogP contribution in [0.1, 0.15) is 17.6 Å². The van der Waals surface area contributed by atoms with Crippen LogP contribution in [0.2, 0.25) is 0 Å². The van der Waals surface area contributed by atoms with Crippen molar-refractivity contribution in [3.8, 4) is 0 Å². The molecule has 1 aliphatic heterocycles. The second-order valence-corrected chi connectivity index (χ2v) is 4.78. The lowest BCUT2D eigenvalue weighted by atomic mass is 10.1. The molecule has 4 atom stereocenters. The Morgan fingerprint density at radius 1 is 1.26 bits per heavy atom. The van der Waals surface area contributed by atoms with Crippen molar-refractivity contribution in [3.05, 3.63) is 29.7 Å². The number of nitrogens with zero attached hydrogens (tertiary/aromatic N) is 1. The number of fused-ring (bicyclic) bond motifs is 1. The van der Waals surface area contributed by atoms with E-state index in [2.05, 4.69) is 4.98 Å². The monoisotopic (exact) mass is 265 g/mol. The van der Waals surface area contributed by atoms with Gasteiger partial charge in [0.2, 0.25) is 5.89 Å². The third kappa shape index (κ3) is 2.02. The number of benzene rings is 1. The Morgan fingerprint density at radius 3 is 2.74 bits per heavy atom. The van der Waals surface area contributed by atoms with Crippen molar-refractivity contribution in [1.29, 1.82) is 0 Å². The summed E-state index contributed by atoms with van der Waals surface area (Å²) in [7, 11) is 0. The van der Waals surface area contributed by atoms with E-state index in [9.17, 15) is 10.2 Å². The molecule has 3 N–H and O–H groups in total. The van der Waals surface area contributed by atoms with Gasteiger partial charge >= 0.3 is 0 Å². The summed E-state index contributed by atoms with van der Waals surface area (Å²) in [6, 6.07) is 5.56. The van der Waals surface area contributed by atoms with Crippen LogP contribution < -0.4 is 0 Å². The summed E-state index contributed by atoms with van der Waals surface area (Å²) in [6.45, 7) is 1.58. The van der Waals surface area contributed by atoms with Gasteiger partial charge in [-0.2, -0.15) is 0 Å². The fourth-order valence-corrected chi connectivity index (χ4v) is 2.28. The van der Waals surface area contributed by atoms with Gasteiger partial charge in [-0.15, -0.1) is 0 Å². The Labute approximate surface area is 109 Å². The first-order chi connectivity index (χ1) is 9.10. The van der Waals surface area contributed by atoms with Crippen LogP contribution in [0.5, 0.6) is 0 Å². The van der Waals surface area contributed by atoms with Crippen molar-refractivity contribution in [3.63, 3.8) is 0 Å². The molecule has 0 radical (unpaired) electrons. The predicted molar refractivity (Wildman–Crippen MR) is 65.5 cm³/mol. The first-order valence-electron chi connectivity index (χ1n) is 6.09. The summed E-state index contributed by atoms with van der Waals surface area (Å²) in [5.74, 6) is 0.211. The van der Waals surface area contributed by atoms with Crippen molar-refractivity contribution in [2.24, 2.45) is 0 Å². The summed E-state index contributed by atoms with van der Waals surface area (Å²) >= 11 is 0. The maximum absolute atomic E-state index is 9.91. The van der Waals surface area contributed by atoms with Crippen LogP contribution >= 0.6 is 0 Å². The lowest BCUT2D eigenvalue weighted by Gasteiger charge is -2.10. The van der Waals surface area contributed by atoms with Gasteiger partial charge in [0.25, 0.3) is 0 Å². The van der Waals surface area contributed by atoms with E-state index in [-0.39, 0.29) is 12.5 Å². The van der Waals surface area contributed by atoms with Crippen LogP contribution in [0.25, 0.3) is 11.1 Å². The second-order valence-electron chi connectivity index (χ2n) is 4.78. The number of aliphatic hydroxyl groups excluding tert-OH is 3. The summed E-state index contributed by atoms with van der Waals surface area (Å²) < 4.78 is 10.9. The molecule has 6 heteroatoms. The van der Waals surface area contributed by atoms with Crippen molar-refractivity contribution in [2.45, 2.75) is 31.3 Å². The molecule has 0 saturated carbocycles. The average molecular weight is 265 g/mol. The van der Waals surface area contributed by atoms with Crippen molar-refractivity contribution >= 4 is 11.1 Å². The van der Waals surface area contributed by atoms with E-state index in [0.717, 1.165) is 5.56 Å². The second kappa shape index (κ2) is 4.57. The number of ether oxygens (including phenoxy) is 1. The summed E-state index contributed by atoms with van der Waals surface area (Å²) in [4.78, 5) is 4.26. The number of aryl methyl sites for hydroxylation is 1. The summed E-state index contributed by atoms with van der Waals surface area (Å²) in [5, 5.41) is 28.7. The highest BCUT2D eigenvalue weighted by atomic mass is 16.6. The van der Waals surface area contributed by atoms with E-state index >= 15 is 0 Å². The van der Waals surface area contributed by atoms with Crippen molar-refractivity contribution < 1.29 is 24.5 Å². The molecular weight excluding hydrogens is 250 g/mol. The minimum Gasteiger partial charge on any atom is -0.438 e. The number of rotatable bonds is 2. The van der Waals surface area contributed by atoms with E-state index < -0.39 is 24.4 Å². The normalized spacial score (nSPS) is 31.2. The van der Waals surface area contributed by atoms with Gasteiger partial charge in [0.05, 0.1) is 6.61 Å². The van der Waals surface area contributed by atoms with E-state index in [1.165, 1.54) is 0 Å². The van der Waals surface area contributed by atoms with Crippen LogP contribution in [0.15, 0.2) is 22.6 Å². The maximum Gasteiger partial charge on any atom is 0.227 e. The van der Waals surface area contributed by atoms with Gasteiger partial charge in [-0.1, -0.05) is 6.07 Å². The molecule has 2 heterocycles. The van der Waals surface area contributed by atoms with Crippen molar-refractivity contribution in [1.82, 2.24) is 4.98 Å². The van der Waals surface area contributed by atoms with Crippen LogP contribution in [0.4, 0.5) is 0 Å². The lowest BCUT2D eigenvalue weighted by molar-refractivity contribution is -0.0303. The molecule has 6 nitrogen and oxygen atoms in total. The van der Waals surface area contributed by atoms with Gasteiger partial charge in [0.15, 0.2) is 11.7 Å². The van der Waals surface area contributed by atoms with E-state index in [4.69, 9.17) is 14.3 Å². The predicted octanol–water partition coefficient (Wildman–Crippen LogP) is 0.290. The number of hydrogen-bond acceptors (Lipinski definition) is 6. The van der Waals surface area contributed by atoms with E-state index in [1.807, 2.05) is 19.1 Å².